The van der Waals surface area contributed by atoms with Crippen LogP contribution in [-0.4, -0.2) is 31.2 Å². The molecule has 18 heavy (non-hydrogen) atoms. The molecular formula is C14H20N4. The number of para-hydroxylation sites is 1. The number of pyridine rings is 1. The van der Waals surface area contributed by atoms with Gasteiger partial charge in [-0.15, -0.1) is 0 Å². The fraction of sp³-hybridized carbons (Fsp3) is 0.357. The molecule has 2 rings (SSSR count). The highest BCUT2D eigenvalue weighted by Crippen LogP contribution is 2.26. The zero-order valence-corrected chi connectivity index (χ0v) is 10.8. The predicted molar refractivity (Wildman–Crippen MR) is 76.8 cm³/mol. The van der Waals surface area contributed by atoms with Crippen LogP contribution in [0.3, 0.4) is 0 Å². The number of hydrogen-bond donors (Lipinski definition) is 2. The van der Waals surface area contributed by atoms with Gasteiger partial charge in [-0.3, -0.25) is 4.98 Å². The van der Waals surface area contributed by atoms with Crippen LogP contribution in [0.25, 0.3) is 10.9 Å². The maximum Gasteiger partial charge on any atom is 0.0726 e. The van der Waals surface area contributed by atoms with Gasteiger partial charge in [0, 0.05) is 42.9 Å². The van der Waals surface area contributed by atoms with Gasteiger partial charge in [0.2, 0.25) is 0 Å². The lowest BCUT2D eigenvalue weighted by atomic mass is 10.1. The van der Waals surface area contributed by atoms with Gasteiger partial charge in [0.25, 0.3) is 0 Å². The second-order valence-electron chi connectivity index (χ2n) is 4.36. The molecule has 0 aliphatic rings. The summed E-state index contributed by atoms with van der Waals surface area (Å²) in [7, 11) is 0. The van der Waals surface area contributed by atoms with E-state index < -0.39 is 0 Å². The van der Waals surface area contributed by atoms with E-state index in [-0.39, 0.29) is 0 Å². The summed E-state index contributed by atoms with van der Waals surface area (Å²) in [6, 6.07) is 10.3. The van der Waals surface area contributed by atoms with Crippen molar-refractivity contribution < 1.29 is 0 Å². The van der Waals surface area contributed by atoms with E-state index >= 15 is 0 Å². The van der Waals surface area contributed by atoms with Crippen LogP contribution < -0.4 is 16.4 Å². The number of aromatic nitrogens is 1. The number of nitrogens with two attached hydrogens (primary N) is 2. The molecule has 0 radical (unpaired) electrons. The van der Waals surface area contributed by atoms with E-state index in [4.69, 9.17) is 11.5 Å². The van der Waals surface area contributed by atoms with Gasteiger partial charge in [0.15, 0.2) is 0 Å². The van der Waals surface area contributed by atoms with Crippen molar-refractivity contribution in [3.63, 3.8) is 0 Å². The third-order valence-corrected chi connectivity index (χ3v) is 2.96. The molecular weight excluding hydrogens is 224 g/mol. The molecule has 0 fully saturated rings. The zero-order chi connectivity index (χ0) is 13.0. The first-order valence-corrected chi connectivity index (χ1v) is 6.27. The first kappa shape index (κ1) is 12.8. The van der Waals surface area contributed by atoms with Crippen LogP contribution in [-0.2, 0) is 0 Å². The van der Waals surface area contributed by atoms with Gasteiger partial charge in [-0.25, -0.2) is 0 Å². The van der Waals surface area contributed by atoms with Crippen LogP contribution in [0, 0.1) is 6.92 Å². The molecule has 0 spiro atoms. The minimum Gasteiger partial charge on any atom is -0.368 e. The molecule has 0 bridgehead atoms. The van der Waals surface area contributed by atoms with Crippen molar-refractivity contribution in [3.05, 3.63) is 36.0 Å². The largest absolute Gasteiger partial charge is 0.368 e. The highest BCUT2D eigenvalue weighted by Gasteiger charge is 2.10. The molecule has 4 heteroatoms. The summed E-state index contributed by atoms with van der Waals surface area (Å²) in [4.78, 5) is 6.78. The Bertz CT molecular complexity index is 518. The third kappa shape index (κ3) is 2.60. The van der Waals surface area contributed by atoms with Gasteiger partial charge < -0.3 is 16.4 Å². The summed E-state index contributed by atoms with van der Waals surface area (Å²) in [6.07, 6.45) is 0. The highest BCUT2D eigenvalue weighted by atomic mass is 15.1. The molecule has 0 unspecified atom stereocenters. The monoisotopic (exact) mass is 244 g/mol. The minimum absolute atomic E-state index is 0.621. The molecule has 0 aliphatic carbocycles. The van der Waals surface area contributed by atoms with E-state index in [0.29, 0.717) is 13.1 Å². The minimum atomic E-state index is 0.621. The smallest absolute Gasteiger partial charge is 0.0726 e. The number of hydrogen-bond acceptors (Lipinski definition) is 4. The molecule has 0 atom stereocenters. The van der Waals surface area contributed by atoms with E-state index in [9.17, 15) is 0 Å². The summed E-state index contributed by atoms with van der Waals surface area (Å²) in [5, 5.41) is 1.16. The van der Waals surface area contributed by atoms with Crippen molar-refractivity contribution in [1.82, 2.24) is 4.98 Å². The first-order valence-electron chi connectivity index (χ1n) is 6.27. The Hall–Kier alpha value is -1.65. The van der Waals surface area contributed by atoms with E-state index in [0.717, 1.165) is 29.7 Å². The predicted octanol–water partition coefficient (Wildman–Crippen LogP) is 1.27. The van der Waals surface area contributed by atoms with Crippen molar-refractivity contribution in [2.45, 2.75) is 6.92 Å². The number of nitrogens with zero attached hydrogens (tertiary/aromatic N) is 2. The Morgan fingerprint density at radius 3 is 2.44 bits per heavy atom. The second-order valence-corrected chi connectivity index (χ2v) is 4.36. The Balaban J connectivity index is 2.52. The molecule has 4 N–H and O–H groups in total. The van der Waals surface area contributed by atoms with Crippen LogP contribution >= 0.6 is 0 Å². The maximum atomic E-state index is 5.68. The molecule has 0 saturated heterocycles. The Labute approximate surface area is 108 Å². The van der Waals surface area contributed by atoms with Gasteiger partial charge in [-0.2, -0.15) is 0 Å². The number of aryl methyl sites for hydroxylation is 1. The summed E-state index contributed by atoms with van der Waals surface area (Å²) in [6.45, 7) is 4.87. The molecule has 2 aromatic rings. The van der Waals surface area contributed by atoms with Crippen LogP contribution in [0.15, 0.2) is 30.3 Å². The first-order chi connectivity index (χ1) is 8.76. The maximum absolute atomic E-state index is 5.68. The molecule has 4 nitrogen and oxygen atoms in total. The van der Waals surface area contributed by atoms with Gasteiger partial charge in [-0.05, 0) is 19.1 Å². The normalized spacial score (nSPS) is 10.8. The molecule has 96 valence electrons. The fourth-order valence-corrected chi connectivity index (χ4v) is 2.21. The van der Waals surface area contributed by atoms with Crippen LogP contribution in [0.4, 0.5) is 5.69 Å². The summed E-state index contributed by atoms with van der Waals surface area (Å²) in [5.74, 6) is 0. The van der Waals surface area contributed by atoms with E-state index in [1.807, 2.05) is 25.1 Å². The summed E-state index contributed by atoms with van der Waals surface area (Å²) < 4.78 is 0. The fourth-order valence-electron chi connectivity index (χ4n) is 2.21. The number of anilines is 1. The molecule has 1 aromatic carbocycles. The van der Waals surface area contributed by atoms with E-state index in [2.05, 4.69) is 22.0 Å². The Morgan fingerprint density at radius 2 is 1.78 bits per heavy atom. The second kappa shape index (κ2) is 5.80. The van der Waals surface area contributed by atoms with Crippen molar-refractivity contribution in [2.75, 3.05) is 31.1 Å². The van der Waals surface area contributed by atoms with Gasteiger partial charge >= 0.3 is 0 Å². The van der Waals surface area contributed by atoms with Crippen LogP contribution in [0.5, 0.6) is 0 Å². The van der Waals surface area contributed by atoms with Gasteiger partial charge in [0.05, 0.1) is 5.52 Å². The molecule has 0 aliphatic heterocycles. The molecule has 1 heterocycles. The Kier molecular flexibility index (Phi) is 4.12. The average Bonchev–Trinajstić information content (AvgIpc) is 2.37. The summed E-state index contributed by atoms with van der Waals surface area (Å²) >= 11 is 0. The number of rotatable bonds is 5. The van der Waals surface area contributed by atoms with Crippen LogP contribution in [0.2, 0.25) is 0 Å². The number of benzene rings is 1. The van der Waals surface area contributed by atoms with Gasteiger partial charge in [-0.1, -0.05) is 18.2 Å². The van der Waals surface area contributed by atoms with Crippen LogP contribution in [0.1, 0.15) is 5.69 Å². The van der Waals surface area contributed by atoms with Gasteiger partial charge in [0.1, 0.15) is 0 Å². The standard InChI is InChI=1S/C14H20N4/c1-11-10-14(18(8-6-15)9-7-16)12-4-2-3-5-13(12)17-11/h2-5,10H,6-9,15-16H2,1H3. The Morgan fingerprint density at radius 1 is 1.11 bits per heavy atom. The highest BCUT2D eigenvalue weighted by molar-refractivity contribution is 5.91. The average molecular weight is 244 g/mol. The lowest BCUT2D eigenvalue weighted by molar-refractivity contribution is 0.784. The number of fused-ring (bicyclic) bond motifs is 1. The van der Waals surface area contributed by atoms with Crippen molar-refractivity contribution in [3.8, 4) is 0 Å². The SMILES string of the molecule is Cc1cc(N(CCN)CCN)c2ccccc2n1. The lowest BCUT2D eigenvalue weighted by Gasteiger charge is -2.25. The van der Waals surface area contributed by atoms with Crippen molar-refractivity contribution >= 4 is 16.6 Å². The van der Waals surface area contributed by atoms with Crippen molar-refractivity contribution in [1.29, 1.82) is 0 Å². The molecule has 0 saturated carbocycles. The quantitative estimate of drug-likeness (QED) is 0.831. The topological polar surface area (TPSA) is 68.2 Å². The van der Waals surface area contributed by atoms with E-state index in [1.54, 1.807) is 0 Å². The summed E-state index contributed by atoms with van der Waals surface area (Å²) in [5.41, 5.74) is 14.6. The third-order valence-electron chi connectivity index (χ3n) is 2.96. The van der Waals surface area contributed by atoms with Crippen molar-refractivity contribution in [2.24, 2.45) is 11.5 Å². The molecule has 1 aromatic heterocycles. The molecule has 0 amide bonds. The lowest BCUT2D eigenvalue weighted by Crippen LogP contribution is -2.34. The van der Waals surface area contributed by atoms with E-state index in [1.165, 1.54) is 5.69 Å². The zero-order valence-electron chi connectivity index (χ0n) is 10.8.